The summed E-state index contributed by atoms with van der Waals surface area (Å²) in [7, 11) is -3.56. The van der Waals surface area contributed by atoms with E-state index in [1.807, 2.05) is 26.0 Å². The van der Waals surface area contributed by atoms with E-state index in [1.54, 1.807) is 29.4 Å². The molecule has 0 spiro atoms. The number of carbonyl (C=O) groups excluding carboxylic acids is 1. The molecule has 2 aromatic heterocycles. The molecule has 0 saturated carbocycles. The lowest BCUT2D eigenvalue weighted by Gasteiger charge is -2.26. The van der Waals surface area contributed by atoms with Crippen LogP contribution in [0.5, 0.6) is 0 Å². The van der Waals surface area contributed by atoms with Crippen LogP contribution >= 0.6 is 11.3 Å². The van der Waals surface area contributed by atoms with Crippen LogP contribution in [-0.4, -0.2) is 41.7 Å². The van der Waals surface area contributed by atoms with Gasteiger partial charge in [-0.15, -0.1) is 0 Å². The van der Waals surface area contributed by atoms with Gasteiger partial charge in [-0.2, -0.15) is 4.31 Å². The zero-order valence-corrected chi connectivity index (χ0v) is 22.0. The van der Waals surface area contributed by atoms with E-state index in [-0.39, 0.29) is 10.8 Å². The summed E-state index contributed by atoms with van der Waals surface area (Å²) in [5.41, 5.74) is 4.37. The number of amides is 1. The Balaban J connectivity index is 1.49. The molecule has 0 unspecified atom stereocenters. The van der Waals surface area contributed by atoms with Crippen molar-refractivity contribution in [1.29, 1.82) is 0 Å². The maximum atomic E-state index is 13.8. The first-order chi connectivity index (χ1) is 17.3. The standard InChI is InChI=1S/C27H28N4O3S2/c1-19-15-20(2)25-24(16-19)35-27(29-25)31(18-21-7-6-12-28-17-21)26(32)22-8-10-23(11-9-22)36(33,34)30-13-4-3-5-14-30/h6-12,15-17H,3-5,13-14,18H2,1-2H3. The van der Waals surface area contributed by atoms with Gasteiger partial charge in [-0.1, -0.05) is 29.9 Å². The molecule has 1 amide bonds. The molecule has 0 atom stereocenters. The first kappa shape index (κ1) is 24.5. The minimum Gasteiger partial charge on any atom is -0.279 e. The molecular weight excluding hydrogens is 492 g/mol. The van der Waals surface area contributed by atoms with Gasteiger partial charge in [0.1, 0.15) is 0 Å². The van der Waals surface area contributed by atoms with Crippen molar-refractivity contribution in [2.45, 2.75) is 44.6 Å². The summed E-state index contributed by atoms with van der Waals surface area (Å²) in [6.45, 7) is 5.45. The van der Waals surface area contributed by atoms with E-state index in [1.165, 1.54) is 27.8 Å². The summed E-state index contributed by atoms with van der Waals surface area (Å²) in [6, 6.07) is 14.2. The Hall–Kier alpha value is -3.14. The molecule has 4 aromatic rings. The number of rotatable bonds is 6. The van der Waals surface area contributed by atoms with Crippen molar-refractivity contribution in [1.82, 2.24) is 14.3 Å². The number of nitrogens with zero attached hydrogens (tertiary/aromatic N) is 4. The van der Waals surface area contributed by atoms with Crippen LogP contribution in [-0.2, 0) is 16.6 Å². The number of aryl methyl sites for hydroxylation is 2. The van der Waals surface area contributed by atoms with Crippen molar-refractivity contribution < 1.29 is 13.2 Å². The molecule has 0 radical (unpaired) electrons. The molecule has 1 aliphatic heterocycles. The van der Waals surface area contributed by atoms with Crippen LogP contribution in [0.25, 0.3) is 10.2 Å². The van der Waals surface area contributed by atoms with E-state index < -0.39 is 10.0 Å². The molecule has 0 aliphatic carbocycles. The summed E-state index contributed by atoms with van der Waals surface area (Å²) in [5, 5.41) is 0.595. The number of thiazole rings is 1. The number of fused-ring (bicyclic) bond motifs is 1. The predicted octanol–water partition coefficient (Wildman–Crippen LogP) is 5.33. The highest BCUT2D eigenvalue weighted by Crippen LogP contribution is 2.33. The van der Waals surface area contributed by atoms with Gasteiger partial charge < -0.3 is 0 Å². The van der Waals surface area contributed by atoms with Gasteiger partial charge in [0.2, 0.25) is 10.0 Å². The third-order valence-electron chi connectivity index (χ3n) is 6.41. The van der Waals surface area contributed by atoms with E-state index in [0.29, 0.717) is 30.3 Å². The Morgan fingerprint density at radius 1 is 1.06 bits per heavy atom. The Morgan fingerprint density at radius 3 is 2.50 bits per heavy atom. The highest BCUT2D eigenvalue weighted by atomic mass is 32.2. The van der Waals surface area contributed by atoms with Crippen LogP contribution in [0.2, 0.25) is 0 Å². The van der Waals surface area contributed by atoms with Gasteiger partial charge in [-0.05, 0) is 79.8 Å². The Labute approximate surface area is 215 Å². The fourth-order valence-electron chi connectivity index (χ4n) is 4.55. The number of benzene rings is 2. The van der Waals surface area contributed by atoms with Gasteiger partial charge in [0, 0.05) is 31.0 Å². The van der Waals surface area contributed by atoms with Gasteiger partial charge in [0.15, 0.2) is 5.13 Å². The number of carbonyl (C=O) groups is 1. The largest absolute Gasteiger partial charge is 0.279 e. The average Bonchev–Trinajstić information content (AvgIpc) is 3.32. The molecule has 5 rings (SSSR count). The number of hydrogen-bond acceptors (Lipinski definition) is 6. The molecule has 186 valence electrons. The van der Waals surface area contributed by atoms with Crippen molar-refractivity contribution in [2.75, 3.05) is 18.0 Å². The molecule has 1 saturated heterocycles. The summed E-state index contributed by atoms with van der Waals surface area (Å²) >= 11 is 1.47. The Kier molecular flexibility index (Phi) is 6.87. The highest BCUT2D eigenvalue weighted by molar-refractivity contribution is 7.89. The summed E-state index contributed by atoms with van der Waals surface area (Å²) in [4.78, 5) is 24.6. The van der Waals surface area contributed by atoms with E-state index >= 15 is 0 Å². The van der Waals surface area contributed by atoms with Crippen molar-refractivity contribution in [3.05, 3.63) is 83.2 Å². The molecule has 36 heavy (non-hydrogen) atoms. The van der Waals surface area contributed by atoms with Crippen molar-refractivity contribution >= 4 is 42.6 Å². The van der Waals surface area contributed by atoms with Gasteiger partial charge in [0.25, 0.3) is 5.91 Å². The van der Waals surface area contributed by atoms with Gasteiger partial charge in [-0.3, -0.25) is 14.7 Å². The maximum absolute atomic E-state index is 13.8. The maximum Gasteiger partial charge on any atom is 0.260 e. The van der Waals surface area contributed by atoms with Gasteiger partial charge in [0.05, 0.1) is 21.7 Å². The Bertz CT molecular complexity index is 1490. The summed E-state index contributed by atoms with van der Waals surface area (Å²) in [5.74, 6) is -0.241. The lowest BCUT2D eigenvalue weighted by molar-refractivity contribution is 0.0985. The number of hydrogen-bond donors (Lipinski definition) is 0. The SMILES string of the molecule is Cc1cc(C)c2nc(N(Cc3cccnc3)C(=O)c3ccc(S(=O)(=O)N4CCCCC4)cc3)sc2c1. The number of pyridine rings is 1. The predicted molar refractivity (Wildman–Crippen MR) is 143 cm³/mol. The fourth-order valence-corrected chi connectivity index (χ4v) is 7.21. The van der Waals surface area contributed by atoms with Gasteiger partial charge >= 0.3 is 0 Å². The number of anilines is 1. The van der Waals surface area contributed by atoms with Crippen LogP contribution < -0.4 is 4.90 Å². The normalized spacial score (nSPS) is 14.7. The van der Waals surface area contributed by atoms with Gasteiger partial charge in [-0.25, -0.2) is 13.4 Å². The summed E-state index contributed by atoms with van der Waals surface area (Å²) < 4.78 is 28.6. The highest BCUT2D eigenvalue weighted by Gasteiger charge is 2.27. The van der Waals surface area contributed by atoms with Crippen LogP contribution in [0.4, 0.5) is 5.13 Å². The molecule has 2 aromatic carbocycles. The number of piperidine rings is 1. The van der Waals surface area contributed by atoms with Crippen LogP contribution in [0.15, 0.2) is 65.8 Å². The second-order valence-electron chi connectivity index (χ2n) is 9.17. The van der Waals surface area contributed by atoms with E-state index in [2.05, 4.69) is 17.1 Å². The Morgan fingerprint density at radius 2 is 1.81 bits per heavy atom. The second kappa shape index (κ2) is 10.1. The molecule has 0 bridgehead atoms. The molecular formula is C27H28N4O3S2. The smallest absolute Gasteiger partial charge is 0.260 e. The number of aromatic nitrogens is 2. The van der Waals surface area contributed by atoms with E-state index in [4.69, 9.17) is 4.98 Å². The van der Waals surface area contributed by atoms with Crippen LogP contribution in [0.3, 0.4) is 0 Å². The first-order valence-electron chi connectivity index (χ1n) is 12.0. The number of sulfonamides is 1. The molecule has 9 heteroatoms. The average molecular weight is 521 g/mol. The van der Waals surface area contributed by atoms with Crippen molar-refractivity contribution in [3.8, 4) is 0 Å². The second-order valence-corrected chi connectivity index (χ2v) is 12.1. The van der Waals surface area contributed by atoms with Crippen molar-refractivity contribution in [3.63, 3.8) is 0 Å². The molecule has 0 N–H and O–H groups in total. The molecule has 7 nitrogen and oxygen atoms in total. The topological polar surface area (TPSA) is 83.5 Å². The minimum atomic E-state index is -3.56. The zero-order valence-electron chi connectivity index (χ0n) is 20.3. The molecule has 1 aliphatic rings. The third kappa shape index (κ3) is 4.91. The summed E-state index contributed by atoms with van der Waals surface area (Å²) in [6.07, 6.45) is 6.23. The third-order valence-corrected chi connectivity index (χ3v) is 9.35. The van der Waals surface area contributed by atoms with Crippen molar-refractivity contribution in [2.24, 2.45) is 0 Å². The van der Waals surface area contributed by atoms with E-state index in [9.17, 15) is 13.2 Å². The lowest BCUT2D eigenvalue weighted by atomic mass is 10.1. The van der Waals surface area contributed by atoms with Crippen LogP contribution in [0.1, 0.15) is 46.3 Å². The fraction of sp³-hybridized carbons (Fsp3) is 0.296. The minimum absolute atomic E-state index is 0.214. The quantitative estimate of drug-likeness (QED) is 0.343. The molecule has 1 fully saturated rings. The lowest BCUT2D eigenvalue weighted by Crippen LogP contribution is -2.35. The monoisotopic (exact) mass is 520 g/mol. The van der Waals surface area contributed by atoms with Crippen LogP contribution in [0, 0.1) is 13.8 Å². The zero-order chi connectivity index (χ0) is 25.3. The van der Waals surface area contributed by atoms with E-state index in [0.717, 1.165) is 46.2 Å². The first-order valence-corrected chi connectivity index (χ1v) is 14.3. The molecule has 3 heterocycles.